The highest BCUT2D eigenvalue weighted by atomic mass is 32.2. The van der Waals surface area contributed by atoms with E-state index in [9.17, 15) is 13.2 Å². The van der Waals surface area contributed by atoms with Crippen molar-refractivity contribution in [2.45, 2.75) is 33.4 Å². The first kappa shape index (κ1) is 13.2. The maximum absolute atomic E-state index is 13.6. The summed E-state index contributed by atoms with van der Waals surface area (Å²) in [5.74, 6) is 0. The first-order chi connectivity index (χ1) is 8.93. The van der Waals surface area contributed by atoms with Crippen molar-refractivity contribution in [3.63, 3.8) is 0 Å². The lowest BCUT2D eigenvalue weighted by Gasteiger charge is -2.36. The summed E-state index contributed by atoms with van der Waals surface area (Å²) < 4.78 is 39.9. The van der Waals surface area contributed by atoms with Crippen LogP contribution in [0.1, 0.15) is 13.3 Å². The number of hydrogen-bond donors (Lipinski definition) is 0. The van der Waals surface area contributed by atoms with E-state index in [1.807, 2.05) is 18.2 Å². The molecule has 1 aliphatic heterocycles. The van der Waals surface area contributed by atoms with Crippen molar-refractivity contribution in [3.05, 3.63) is 47.4 Å². The molecule has 1 heterocycles. The highest BCUT2D eigenvalue weighted by molar-refractivity contribution is 8.08. The van der Waals surface area contributed by atoms with Crippen molar-refractivity contribution in [2.75, 3.05) is 0 Å². The van der Waals surface area contributed by atoms with Gasteiger partial charge in [0.1, 0.15) is 10.9 Å². The molecule has 0 radical (unpaired) electrons. The van der Waals surface area contributed by atoms with Gasteiger partial charge in [0.2, 0.25) is 0 Å². The van der Waals surface area contributed by atoms with Gasteiger partial charge < -0.3 is 0 Å². The second-order valence-corrected chi connectivity index (χ2v) is 8.19. The van der Waals surface area contributed by atoms with Crippen LogP contribution in [0.15, 0.2) is 57.2 Å². The maximum atomic E-state index is 13.6. The van der Waals surface area contributed by atoms with E-state index in [0.717, 1.165) is 9.80 Å². The molecule has 0 saturated carbocycles. The van der Waals surface area contributed by atoms with Crippen molar-refractivity contribution < 1.29 is 13.2 Å². The molecular formula is C14H12F3S2+. The SMILES string of the molecule is CC12CC=CC=C1Sc1ccccc1[S+]2C(F)(F)F. The Morgan fingerprint density at radius 1 is 1.26 bits per heavy atom. The predicted octanol–water partition coefficient (Wildman–Crippen LogP) is 4.89. The first-order valence-corrected chi connectivity index (χ1v) is 7.92. The van der Waals surface area contributed by atoms with Gasteiger partial charge in [-0.2, -0.15) is 0 Å². The van der Waals surface area contributed by atoms with Crippen LogP contribution in [0.4, 0.5) is 13.2 Å². The van der Waals surface area contributed by atoms with Crippen LogP contribution in [0, 0.1) is 0 Å². The molecule has 100 valence electrons. The summed E-state index contributed by atoms with van der Waals surface area (Å²) in [4.78, 5) is 2.01. The van der Waals surface area contributed by atoms with Gasteiger partial charge in [-0.15, -0.1) is 13.2 Å². The number of allylic oxidation sites excluding steroid dienone is 3. The van der Waals surface area contributed by atoms with Crippen molar-refractivity contribution in [1.29, 1.82) is 0 Å². The van der Waals surface area contributed by atoms with Gasteiger partial charge in [-0.3, -0.25) is 0 Å². The quantitative estimate of drug-likeness (QED) is 0.615. The number of hydrogen-bond acceptors (Lipinski definition) is 1. The molecule has 2 atom stereocenters. The summed E-state index contributed by atoms with van der Waals surface area (Å²) in [7, 11) is -1.76. The molecule has 3 rings (SSSR count). The maximum Gasteiger partial charge on any atom is 0.581 e. The van der Waals surface area contributed by atoms with Crippen LogP contribution in [0.2, 0.25) is 0 Å². The molecule has 2 aliphatic rings. The van der Waals surface area contributed by atoms with Crippen LogP contribution in [0.25, 0.3) is 0 Å². The zero-order valence-corrected chi connectivity index (χ0v) is 11.8. The minimum Gasteiger partial charge on any atom is -0.122 e. The van der Waals surface area contributed by atoms with E-state index in [-0.39, 0.29) is 0 Å². The summed E-state index contributed by atoms with van der Waals surface area (Å²) in [5, 5.41) is 0. The van der Waals surface area contributed by atoms with Crippen molar-refractivity contribution in [3.8, 4) is 0 Å². The fraction of sp³-hybridized carbons (Fsp3) is 0.286. The smallest absolute Gasteiger partial charge is 0.122 e. The third-order valence-electron chi connectivity index (χ3n) is 3.38. The topological polar surface area (TPSA) is 0 Å². The van der Waals surface area contributed by atoms with E-state index < -0.39 is 21.2 Å². The molecule has 1 aromatic carbocycles. The Balaban J connectivity index is 2.23. The van der Waals surface area contributed by atoms with Crippen molar-refractivity contribution in [1.82, 2.24) is 0 Å². The summed E-state index contributed by atoms with van der Waals surface area (Å²) in [5.41, 5.74) is -4.20. The molecule has 2 unspecified atom stereocenters. The minimum atomic E-state index is -4.20. The molecule has 0 spiro atoms. The molecular weight excluding hydrogens is 289 g/mol. The number of rotatable bonds is 0. The molecule has 1 aliphatic carbocycles. The average molecular weight is 301 g/mol. The zero-order chi connectivity index (χ0) is 13.7. The molecule has 0 amide bonds. The molecule has 1 aromatic rings. The van der Waals surface area contributed by atoms with Gasteiger partial charge >= 0.3 is 5.51 Å². The molecule has 0 N–H and O–H groups in total. The van der Waals surface area contributed by atoms with E-state index >= 15 is 0 Å². The highest BCUT2D eigenvalue weighted by Gasteiger charge is 2.67. The Hall–Kier alpha value is -0.810. The van der Waals surface area contributed by atoms with Gasteiger partial charge in [0.05, 0.1) is 4.90 Å². The summed E-state index contributed by atoms with van der Waals surface area (Å²) in [6.07, 6.45) is 5.97. The van der Waals surface area contributed by atoms with Gasteiger partial charge in [0.15, 0.2) is 9.64 Å². The second kappa shape index (κ2) is 4.35. The fourth-order valence-corrected chi connectivity index (χ4v) is 6.51. The lowest BCUT2D eigenvalue weighted by Crippen LogP contribution is -2.47. The third kappa shape index (κ3) is 2.03. The molecule has 19 heavy (non-hydrogen) atoms. The number of halogens is 3. The Morgan fingerprint density at radius 2 is 2.00 bits per heavy atom. The summed E-state index contributed by atoms with van der Waals surface area (Å²) >= 11 is 1.48. The van der Waals surface area contributed by atoms with E-state index in [2.05, 4.69) is 0 Å². The molecule has 0 saturated heterocycles. The van der Waals surface area contributed by atoms with Crippen LogP contribution < -0.4 is 0 Å². The molecule has 0 nitrogen and oxygen atoms in total. The molecule has 5 heteroatoms. The number of benzene rings is 1. The van der Waals surface area contributed by atoms with Gasteiger partial charge in [0, 0.05) is 11.3 Å². The van der Waals surface area contributed by atoms with E-state index in [0.29, 0.717) is 11.3 Å². The van der Waals surface area contributed by atoms with Gasteiger partial charge in [-0.1, -0.05) is 36.0 Å². The number of fused-ring (bicyclic) bond motifs is 2. The van der Waals surface area contributed by atoms with Gasteiger partial charge in [0.25, 0.3) is 0 Å². The first-order valence-electron chi connectivity index (χ1n) is 5.88. The van der Waals surface area contributed by atoms with Crippen molar-refractivity contribution in [2.24, 2.45) is 0 Å². The molecule has 0 aromatic heterocycles. The molecule has 0 bridgehead atoms. The average Bonchev–Trinajstić information content (AvgIpc) is 2.33. The Bertz CT molecular complexity index is 574. The van der Waals surface area contributed by atoms with Crippen LogP contribution in [-0.2, 0) is 10.9 Å². The largest absolute Gasteiger partial charge is 0.581 e. The lowest BCUT2D eigenvalue weighted by atomic mass is 10.0. The summed E-state index contributed by atoms with van der Waals surface area (Å²) in [6.45, 7) is 1.74. The standard InChI is InChI=1S/C14H12F3S2/c1-13-9-5-4-8-12(13)18-10-6-2-3-7-11(10)19(13)14(15,16)17/h2-8H,9H2,1H3/q+1. The van der Waals surface area contributed by atoms with Crippen LogP contribution in [0.3, 0.4) is 0 Å². The van der Waals surface area contributed by atoms with Gasteiger partial charge in [-0.05, 0) is 25.1 Å². The second-order valence-electron chi connectivity index (χ2n) is 4.69. The molecule has 0 fully saturated rings. The van der Waals surface area contributed by atoms with Crippen LogP contribution in [-0.4, -0.2) is 10.3 Å². The zero-order valence-electron chi connectivity index (χ0n) is 10.2. The highest BCUT2D eigenvalue weighted by Crippen LogP contribution is 2.57. The Labute approximate surface area is 117 Å². The van der Waals surface area contributed by atoms with E-state index in [1.165, 1.54) is 11.8 Å². The van der Waals surface area contributed by atoms with E-state index in [1.54, 1.807) is 31.2 Å². The Morgan fingerprint density at radius 3 is 2.74 bits per heavy atom. The van der Waals surface area contributed by atoms with E-state index in [4.69, 9.17) is 0 Å². The van der Waals surface area contributed by atoms with Crippen LogP contribution in [0.5, 0.6) is 0 Å². The predicted molar refractivity (Wildman–Crippen MR) is 74.2 cm³/mol. The Kier molecular flexibility index (Phi) is 3.02. The monoisotopic (exact) mass is 301 g/mol. The summed E-state index contributed by atoms with van der Waals surface area (Å²) in [6, 6.07) is 6.90. The van der Waals surface area contributed by atoms with Gasteiger partial charge in [-0.25, -0.2) is 0 Å². The van der Waals surface area contributed by atoms with Crippen LogP contribution >= 0.6 is 11.8 Å². The third-order valence-corrected chi connectivity index (χ3v) is 7.57. The normalized spacial score (nSPS) is 29.5. The fourth-order valence-electron chi connectivity index (χ4n) is 2.50. The lowest BCUT2D eigenvalue weighted by molar-refractivity contribution is -0.0385. The minimum absolute atomic E-state index is 0.440. The number of thioether (sulfide) groups is 1. The number of alkyl halides is 3. The van der Waals surface area contributed by atoms with Crippen molar-refractivity contribution >= 4 is 22.7 Å².